The van der Waals surface area contributed by atoms with Gasteiger partial charge in [0.25, 0.3) is 0 Å². The van der Waals surface area contributed by atoms with Gasteiger partial charge in [-0.2, -0.15) is 0 Å². The highest BCUT2D eigenvalue weighted by molar-refractivity contribution is 8.15. The van der Waals surface area contributed by atoms with Crippen LogP contribution in [0.25, 0.3) is 0 Å². The lowest BCUT2D eigenvalue weighted by molar-refractivity contribution is -0.116. The van der Waals surface area contributed by atoms with Crippen molar-refractivity contribution in [3.8, 4) is 0 Å². The van der Waals surface area contributed by atoms with Crippen LogP contribution in [-0.4, -0.2) is 43.8 Å². The predicted molar refractivity (Wildman–Crippen MR) is 160 cm³/mol. The van der Waals surface area contributed by atoms with Gasteiger partial charge in [-0.1, -0.05) is 137 Å². The molecule has 0 aromatic heterocycles. The normalized spacial score (nSPS) is 12.6. The quantitative estimate of drug-likeness (QED) is 0.172. The molecule has 2 aromatic carbocycles. The van der Waals surface area contributed by atoms with E-state index in [1.807, 2.05) is 36.4 Å². The first-order valence-electron chi connectivity index (χ1n) is 13.1. The molecule has 0 saturated heterocycles. The number of thioether (sulfide) groups is 3. The number of hydrogen-bond donors (Lipinski definition) is 0. The van der Waals surface area contributed by atoms with Gasteiger partial charge in [-0.05, 0) is 12.8 Å². The molecule has 0 fully saturated rings. The van der Waals surface area contributed by atoms with Crippen molar-refractivity contribution in [3.05, 3.63) is 71.8 Å². The summed E-state index contributed by atoms with van der Waals surface area (Å²) in [6, 6.07) is 18.0. The summed E-state index contributed by atoms with van der Waals surface area (Å²) in [4.78, 5) is 51.5. The second-order valence-corrected chi connectivity index (χ2v) is 12.2. The van der Waals surface area contributed by atoms with E-state index in [0.29, 0.717) is 24.0 Å². The van der Waals surface area contributed by atoms with E-state index in [-0.39, 0.29) is 43.8 Å². The van der Waals surface area contributed by atoms with E-state index in [4.69, 9.17) is 0 Å². The van der Waals surface area contributed by atoms with Gasteiger partial charge >= 0.3 is 0 Å². The number of ketones is 2. The highest BCUT2D eigenvalue weighted by atomic mass is 32.2. The van der Waals surface area contributed by atoms with Gasteiger partial charge in [0.2, 0.25) is 10.2 Å². The van der Waals surface area contributed by atoms with Crippen LogP contribution in [0.4, 0.5) is 0 Å². The largest absolute Gasteiger partial charge is 0.298 e. The molecule has 7 heteroatoms. The van der Waals surface area contributed by atoms with Crippen LogP contribution in [0.5, 0.6) is 0 Å². The monoisotopic (exact) mass is 558 g/mol. The molecular formula is C30H38O4S3. The number of carbonyl (C=O) groups excluding carboxylic acids is 4. The van der Waals surface area contributed by atoms with E-state index in [2.05, 4.69) is 13.8 Å². The zero-order chi connectivity index (χ0) is 26.9. The first-order valence-corrected chi connectivity index (χ1v) is 16.0. The van der Waals surface area contributed by atoms with Crippen LogP contribution in [0, 0.1) is 0 Å². The summed E-state index contributed by atoms with van der Waals surface area (Å²) in [5.74, 6) is 0.233. The molecule has 4 nitrogen and oxygen atoms in total. The van der Waals surface area contributed by atoms with E-state index in [0.717, 1.165) is 62.0 Å². The fourth-order valence-corrected chi connectivity index (χ4v) is 6.98. The topological polar surface area (TPSA) is 68.3 Å². The van der Waals surface area contributed by atoms with E-state index < -0.39 is 0 Å². The highest BCUT2D eigenvalue weighted by Crippen LogP contribution is 2.30. The molecule has 2 rings (SSSR count). The van der Waals surface area contributed by atoms with Gasteiger partial charge in [0.1, 0.15) is 0 Å². The highest BCUT2D eigenvalue weighted by Gasteiger charge is 2.28. The van der Waals surface area contributed by atoms with Crippen LogP contribution in [0.1, 0.15) is 85.9 Å². The third-order valence-corrected chi connectivity index (χ3v) is 9.40. The number of unbranched alkanes of at least 4 members (excludes halogenated alkanes) is 4. The molecule has 0 aliphatic rings. The maximum Gasteiger partial charge on any atom is 0.219 e. The van der Waals surface area contributed by atoms with Crippen LogP contribution in [0.15, 0.2) is 60.7 Å². The van der Waals surface area contributed by atoms with Gasteiger partial charge in [0.05, 0.1) is 22.0 Å². The second kappa shape index (κ2) is 18.4. The summed E-state index contributed by atoms with van der Waals surface area (Å²) in [6.07, 6.45) is 7.36. The van der Waals surface area contributed by atoms with Crippen molar-refractivity contribution < 1.29 is 19.2 Å². The lowest BCUT2D eigenvalue weighted by Crippen LogP contribution is -2.28. The van der Waals surface area contributed by atoms with Gasteiger partial charge < -0.3 is 0 Å². The Morgan fingerprint density at radius 3 is 1.32 bits per heavy atom. The van der Waals surface area contributed by atoms with Crippen LogP contribution < -0.4 is 0 Å². The van der Waals surface area contributed by atoms with Gasteiger partial charge in [-0.25, -0.2) is 0 Å². The molecule has 0 spiro atoms. The molecule has 200 valence electrons. The third-order valence-electron chi connectivity index (χ3n) is 5.90. The average Bonchev–Trinajstić information content (AvgIpc) is 2.94. The molecule has 0 heterocycles. The first-order chi connectivity index (χ1) is 18.0. The van der Waals surface area contributed by atoms with Crippen molar-refractivity contribution in [2.45, 2.75) is 75.7 Å². The SMILES string of the molecule is CCCCCC(SC(CCCCC)C(=O)CSC(=O)c1ccccc1)C(=O)CSC(=O)c1ccccc1. The van der Waals surface area contributed by atoms with Crippen LogP contribution in [0.2, 0.25) is 0 Å². The Balaban J connectivity index is 2.04. The molecule has 0 N–H and O–H groups in total. The van der Waals surface area contributed by atoms with Crippen molar-refractivity contribution >= 4 is 57.1 Å². The zero-order valence-electron chi connectivity index (χ0n) is 21.9. The van der Waals surface area contributed by atoms with E-state index in [1.54, 1.807) is 24.3 Å². The summed E-state index contributed by atoms with van der Waals surface area (Å²) < 4.78 is 0. The number of Topliss-reactive ketones (excluding diaryl/α,β-unsaturated/α-hetero) is 2. The average molecular weight is 559 g/mol. The molecule has 0 amide bonds. The van der Waals surface area contributed by atoms with Crippen LogP contribution >= 0.6 is 35.3 Å². The lowest BCUT2D eigenvalue weighted by atomic mass is 10.1. The van der Waals surface area contributed by atoms with E-state index in [1.165, 1.54) is 11.8 Å². The maximum atomic E-state index is 13.2. The Kier molecular flexibility index (Phi) is 15.6. The van der Waals surface area contributed by atoms with Crippen molar-refractivity contribution in [1.82, 2.24) is 0 Å². The van der Waals surface area contributed by atoms with Crippen molar-refractivity contribution in [2.24, 2.45) is 0 Å². The van der Waals surface area contributed by atoms with Crippen molar-refractivity contribution in [2.75, 3.05) is 11.5 Å². The van der Waals surface area contributed by atoms with Gasteiger partial charge in [-0.3, -0.25) is 19.2 Å². The molecule has 0 aliphatic heterocycles. The Morgan fingerprint density at radius 1 is 0.595 bits per heavy atom. The third kappa shape index (κ3) is 12.1. The lowest BCUT2D eigenvalue weighted by Gasteiger charge is -2.22. The summed E-state index contributed by atoms with van der Waals surface area (Å²) in [6.45, 7) is 4.24. The van der Waals surface area contributed by atoms with E-state index in [9.17, 15) is 19.2 Å². The minimum Gasteiger partial charge on any atom is -0.298 e. The summed E-state index contributed by atoms with van der Waals surface area (Å²) in [7, 11) is 0. The van der Waals surface area contributed by atoms with Gasteiger partial charge in [0.15, 0.2) is 11.6 Å². The van der Waals surface area contributed by atoms with Crippen molar-refractivity contribution in [1.29, 1.82) is 0 Å². The Morgan fingerprint density at radius 2 is 0.973 bits per heavy atom. The van der Waals surface area contributed by atoms with Crippen molar-refractivity contribution in [3.63, 3.8) is 0 Å². The fraction of sp³-hybridized carbons (Fsp3) is 0.467. The number of carbonyl (C=O) groups is 4. The minimum absolute atomic E-state index is 0.0108. The fourth-order valence-electron chi connectivity index (χ4n) is 3.74. The Bertz CT molecular complexity index is 899. The molecular weight excluding hydrogens is 521 g/mol. The van der Waals surface area contributed by atoms with Gasteiger partial charge in [-0.15, -0.1) is 11.8 Å². The molecule has 37 heavy (non-hydrogen) atoms. The predicted octanol–water partition coefficient (Wildman–Crippen LogP) is 7.90. The van der Waals surface area contributed by atoms with Crippen LogP contribution in [0.3, 0.4) is 0 Å². The molecule has 2 unspecified atom stereocenters. The summed E-state index contributed by atoms with van der Waals surface area (Å²) in [5.41, 5.74) is 1.17. The number of hydrogen-bond acceptors (Lipinski definition) is 7. The standard InChI is InChI=1S/C30H38O4S3/c1-3-5-9-19-27(25(31)21-35-29(33)23-15-11-7-12-16-23)37-28(20-10-6-4-2)26(32)22-36-30(34)24-17-13-8-14-18-24/h7-8,11-18,27-28H,3-6,9-10,19-22H2,1-2H3. The van der Waals surface area contributed by atoms with Gasteiger partial charge in [0, 0.05) is 11.1 Å². The van der Waals surface area contributed by atoms with Crippen LogP contribution in [-0.2, 0) is 9.59 Å². The maximum absolute atomic E-state index is 13.2. The zero-order valence-corrected chi connectivity index (χ0v) is 24.3. The Hall–Kier alpha value is -1.83. The first kappa shape index (κ1) is 31.4. The molecule has 0 radical (unpaired) electrons. The minimum atomic E-state index is -0.326. The second-order valence-electron chi connectivity index (χ2n) is 8.92. The molecule has 2 atom stereocenters. The van der Waals surface area contributed by atoms with E-state index >= 15 is 0 Å². The number of benzene rings is 2. The molecule has 0 bridgehead atoms. The summed E-state index contributed by atoms with van der Waals surface area (Å²) >= 11 is 3.53. The molecule has 2 aromatic rings. The molecule has 0 aliphatic carbocycles. The number of rotatable bonds is 18. The Labute approximate surface area is 234 Å². The smallest absolute Gasteiger partial charge is 0.219 e. The molecule has 0 saturated carbocycles. The summed E-state index contributed by atoms with van der Waals surface area (Å²) in [5, 5.41) is -0.878.